The van der Waals surface area contributed by atoms with E-state index in [1.165, 1.54) is 29.8 Å². The van der Waals surface area contributed by atoms with Crippen LogP contribution in [-0.4, -0.2) is 23.1 Å². The average molecular weight is 287 g/mol. The number of aliphatic hydroxyl groups excluding tert-OH is 1. The van der Waals surface area contributed by atoms with E-state index in [0.717, 1.165) is 0 Å². The Kier molecular flexibility index (Phi) is 3.69. The smallest absolute Gasteiger partial charge is 0.265 e. The van der Waals surface area contributed by atoms with Gasteiger partial charge in [-0.05, 0) is 13.0 Å². The number of thiazole rings is 1. The lowest BCUT2D eigenvalue weighted by atomic mass is 10.4. The molecule has 2 aromatic heterocycles. The third-order valence-electron chi connectivity index (χ3n) is 2.43. The normalized spacial score (nSPS) is 11.7. The molecule has 2 heterocycles. The molecule has 0 bridgehead atoms. The molecule has 98 valence electrons. The van der Waals surface area contributed by atoms with E-state index in [1.807, 2.05) is 6.92 Å². The number of aryl methyl sites for hydroxylation is 1. The summed E-state index contributed by atoms with van der Waals surface area (Å²) in [6, 6.07) is 1.46. The Bertz CT molecular complexity index is 595. The number of hydrogen-bond acceptors (Lipinski definition) is 5. The first-order valence-corrected chi connectivity index (χ1v) is 7.65. The number of nitrogens with one attached hydrogen (secondary N) is 1. The van der Waals surface area contributed by atoms with Crippen LogP contribution in [-0.2, 0) is 23.2 Å². The van der Waals surface area contributed by atoms with E-state index in [9.17, 15) is 8.42 Å². The third kappa shape index (κ3) is 2.55. The highest BCUT2D eigenvalue weighted by Gasteiger charge is 2.18. The highest BCUT2D eigenvalue weighted by molar-refractivity contribution is 7.93. The molecule has 0 aliphatic heterocycles. The molecule has 2 N–H and O–H groups in total. The molecule has 0 radical (unpaired) electrons. The molecular formula is C10H13N3O3S2. The van der Waals surface area contributed by atoms with E-state index < -0.39 is 10.0 Å². The van der Waals surface area contributed by atoms with Gasteiger partial charge in [0.1, 0.15) is 4.90 Å². The second-order valence-electron chi connectivity index (χ2n) is 3.55. The molecular weight excluding hydrogens is 274 g/mol. The van der Waals surface area contributed by atoms with Gasteiger partial charge >= 0.3 is 0 Å². The Balaban J connectivity index is 2.32. The number of rotatable bonds is 5. The van der Waals surface area contributed by atoms with Crippen LogP contribution in [0.3, 0.4) is 0 Å². The maximum Gasteiger partial charge on any atom is 0.265 e. The fourth-order valence-electron chi connectivity index (χ4n) is 1.55. The van der Waals surface area contributed by atoms with Crippen LogP contribution in [0.1, 0.15) is 12.6 Å². The van der Waals surface area contributed by atoms with Crippen LogP contribution < -0.4 is 4.72 Å². The largest absolute Gasteiger partial charge is 0.390 e. The van der Waals surface area contributed by atoms with Crippen LogP contribution in [0.2, 0.25) is 0 Å². The van der Waals surface area contributed by atoms with Crippen LogP contribution in [0.4, 0.5) is 5.13 Å². The maximum absolute atomic E-state index is 12.1. The minimum Gasteiger partial charge on any atom is -0.390 e. The monoisotopic (exact) mass is 287 g/mol. The van der Waals surface area contributed by atoms with Gasteiger partial charge in [0.05, 0.1) is 6.61 Å². The first-order chi connectivity index (χ1) is 8.56. The summed E-state index contributed by atoms with van der Waals surface area (Å²) in [5, 5.41) is 11.2. The Morgan fingerprint density at radius 1 is 1.56 bits per heavy atom. The van der Waals surface area contributed by atoms with Crippen molar-refractivity contribution in [2.45, 2.75) is 25.0 Å². The van der Waals surface area contributed by atoms with E-state index >= 15 is 0 Å². The minimum atomic E-state index is -3.64. The first kappa shape index (κ1) is 13.1. The SMILES string of the molecule is CCn1cc(S(=O)(=O)Nc2nccs2)cc1CO. The Morgan fingerprint density at radius 2 is 2.33 bits per heavy atom. The summed E-state index contributed by atoms with van der Waals surface area (Å²) in [7, 11) is -3.64. The average Bonchev–Trinajstić information content (AvgIpc) is 2.96. The van der Waals surface area contributed by atoms with Crippen molar-refractivity contribution in [2.24, 2.45) is 0 Å². The molecule has 8 heteroatoms. The fourth-order valence-corrected chi connectivity index (χ4v) is 3.40. The number of hydrogen-bond donors (Lipinski definition) is 2. The number of anilines is 1. The zero-order chi connectivity index (χ0) is 13.2. The predicted molar refractivity (Wildman–Crippen MR) is 69.0 cm³/mol. The standard InChI is InChI=1S/C10H13N3O3S2/c1-2-13-6-9(5-8(13)7-14)18(15,16)12-10-11-3-4-17-10/h3-6,14H,2,7H2,1H3,(H,11,12). The summed E-state index contributed by atoms with van der Waals surface area (Å²) in [6.07, 6.45) is 3.03. The summed E-state index contributed by atoms with van der Waals surface area (Å²) < 4.78 is 28.2. The summed E-state index contributed by atoms with van der Waals surface area (Å²) in [5.74, 6) is 0. The summed E-state index contributed by atoms with van der Waals surface area (Å²) in [5.41, 5.74) is 0.567. The van der Waals surface area contributed by atoms with Crippen molar-refractivity contribution < 1.29 is 13.5 Å². The fraction of sp³-hybridized carbons (Fsp3) is 0.300. The highest BCUT2D eigenvalue weighted by atomic mass is 32.2. The van der Waals surface area contributed by atoms with Gasteiger partial charge in [0.15, 0.2) is 5.13 Å². The van der Waals surface area contributed by atoms with Gasteiger partial charge in [-0.25, -0.2) is 13.4 Å². The molecule has 0 amide bonds. The van der Waals surface area contributed by atoms with Gasteiger partial charge in [0.25, 0.3) is 10.0 Å². The van der Waals surface area contributed by atoms with E-state index in [-0.39, 0.29) is 11.5 Å². The van der Waals surface area contributed by atoms with Gasteiger partial charge in [0, 0.05) is 30.0 Å². The molecule has 18 heavy (non-hydrogen) atoms. The molecule has 6 nitrogen and oxygen atoms in total. The zero-order valence-electron chi connectivity index (χ0n) is 9.70. The van der Waals surface area contributed by atoms with E-state index in [1.54, 1.807) is 9.95 Å². The van der Waals surface area contributed by atoms with Gasteiger partial charge in [-0.3, -0.25) is 4.72 Å². The minimum absolute atomic E-state index is 0.128. The lowest BCUT2D eigenvalue weighted by Gasteiger charge is -2.02. The molecule has 0 aromatic carbocycles. The maximum atomic E-state index is 12.1. The van der Waals surface area contributed by atoms with Gasteiger partial charge in [-0.1, -0.05) is 0 Å². The Hall–Kier alpha value is -1.38. The van der Waals surface area contributed by atoms with Gasteiger partial charge < -0.3 is 9.67 Å². The summed E-state index contributed by atoms with van der Waals surface area (Å²) in [4.78, 5) is 4.00. The Labute approximate surface area is 109 Å². The number of sulfonamides is 1. The van der Waals surface area contributed by atoms with Crippen molar-refractivity contribution in [3.05, 3.63) is 29.5 Å². The third-order valence-corrected chi connectivity index (χ3v) is 4.55. The van der Waals surface area contributed by atoms with Gasteiger partial charge in [-0.2, -0.15) is 0 Å². The highest BCUT2D eigenvalue weighted by Crippen LogP contribution is 2.20. The zero-order valence-corrected chi connectivity index (χ0v) is 11.3. The van der Waals surface area contributed by atoms with E-state index in [4.69, 9.17) is 5.11 Å². The second kappa shape index (κ2) is 5.09. The van der Waals surface area contributed by atoms with Crippen molar-refractivity contribution in [3.8, 4) is 0 Å². The molecule has 0 unspecified atom stereocenters. The van der Waals surface area contributed by atoms with E-state index in [0.29, 0.717) is 17.4 Å². The Morgan fingerprint density at radius 3 is 2.83 bits per heavy atom. The van der Waals surface area contributed by atoms with Crippen molar-refractivity contribution >= 4 is 26.5 Å². The quantitative estimate of drug-likeness (QED) is 0.867. The van der Waals surface area contributed by atoms with Crippen molar-refractivity contribution in [3.63, 3.8) is 0 Å². The number of aliphatic hydroxyl groups is 1. The van der Waals surface area contributed by atoms with Crippen LogP contribution in [0.15, 0.2) is 28.7 Å². The molecule has 0 atom stereocenters. The first-order valence-electron chi connectivity index (χ1n) is 5.29. The van der Waals surface area contributed by atoms with E-state index in [2.05, 4.69) is 9.71 Å². The number of aromatic nitrogens is 2. The van der Waals surface area contributed by atoms with Crippen LogP contribution in [0.25, 0.3) is 0 Å². The van der Waals surface area contributed by atoms with Crippen LogP contribution in [0.5, 0.6) is 0 Å². The molecule has 2 rings (SSSR count). The lowest BCUT2D eigenvalue weighted by molar-refractivity contribution is 0.271. The molecule has 0 aliphatic rings. The van der Waals surface area contributed by atoms with Gasteiger partial charge in [-0.15, -0.1) is 11.3 Å². The van der Waals surface area contributed by atoms with Crippen LogP contribution >= 0.6 is 11.3 Å². The van der Waals surface area contributed by atoms with Crippen molar-refractivity contribution in [2.75, 3.05) is 4.72 Å². The van der Waals surface area contributed by atoms with Crippen molar-refractivity contribution in [1.29, 1.82) is 0 Å². The predicted octanol–water partition coefficient (Wildman–Crippen LogP) is 1.26. The summed E-state index contributed by atoms with van der Waals surface area (Å²) >= 11 is 1.21. The molecule has 2 aromatic rings. The second-order valence-corrected chi connectivity index (χ2v) is 6.13. The molecule has 0 saturated carbocycles. The lowest BCUT2D eigenvalue weighted by Crippen LogP contribution is -2.12. The van der Waals surface area contributed by atoms with Crippen molar-refractivity contribution in [1.82, 2.24) is 9.55 Å². The molecule has 0 fully saturated rings. The molecule has 0 aliphatic carbocycles. The van der Waals surface area contributed by atoms with Gasteiger partial charge in [0.2, 0.25) is 0 Å². The van der Waals surface area contributed by atoms with Crippen LogP contribution in [0, 0.1) is 0 Å². The number of nitrogens with zero attached hydrogens (tertiary/aromatic N) is 2. The topological polar surface area (TPSA) is 84.2 Å². The summed E-state index contributed by atoms with van der Waals surface area (Å²) in [6.45, 7) is 2.28. The molecule has 0 saturated heterocycles. The molecule has 0 spiro atoms.